The maximum Gasteiger partial charge on any atom is 0.233 e. The van der Waals surface area contributed by atoms with E-state index in [-0.39, 0.29) is 11.4 Å². The lowest BCUT2D eigenvalue weighted by atomic mass is 10.0. The van der Waals surface area contributed by atoms with Crippen molar-refractivity contribution in [3.05, 3.63) is 30.3 Å². The Labute approximate surface area is 113 Å². The van der Waals surface area contributed by atoms with Crippen molar-refractivity contribution < 1.29 is 4.79 Å². The van der Waals surface area contributed by atoms with Crippen molar-refractivity contribution in [3.8, 4) is 0 Å². The summed E-state index contributed by atoms with van der Waals surface area (Å²) >= 11 is 1.61. The molecule has 1 N–H and O–H groups in total. The van der Waals surface area contributed by atoms with Crippen LogP contribution in [0.2, 0.25) is 0 Å². The number of nitrogens with zero attached hydrogens (tertiary/aromatic N) is 1. The molecule has 0 aliphatic carbocycles. The number of amides is 1. The standard InChI is InChI=1S/C14H20N2OS/c1-14(2)11-16(9-8-15-14)13(17)10-18-12-6-4-3-5-7-12/h3-7,15H,8-11H2,1-2H3. The Bertz CT molecular complexity index is 406. The van der Waals surface area contributed by atoms with Crippen molar-refractivity contribution in [3.63, 3.8) is 0 Å². The summed E-state index contributed by atoms with van der Waals surface area (Å²) in [5.41, 5.74) is 0.0331. The highest BCUT2D eigenvalue weighted by Gasteiger charge is 2.28. The van der Waals surface area contributed by atoms with E-state index < -0.39 is 0 Å². The van der Waals surface area contributed by atoms with Crippen LogP contribution in [0.3, 0.4) is 0 Å². The third-order valence-corrected chi connectivity index (χ3v) is 4.03. The van der Waals surface area contributed by atoms with Crippen molar-refractivity contribution in [2.75, 3.05) is 25.4 Å². The molecule has 0 spiro atoms. The summed E-state index contributed by atoms with van der Waals surface area (Å²) in [6, 6.07) is 10.1. The van der Waals surface area contributed by atoms with E-state index in [1.807, 2.05) is 35.2 Å². The average Bonchev–Trinajstić information content (AvgIpc) is 2.36. The largest absolute Gasteiger partial charge is 0.339 e. The van der Waals surface area contributed by atoms with Crippen LogP contribution < -0.4 is 5.32 Å². The summed E-state index contributed by atoms with van der Waals surface area (Å²) in [4.78, 5) is 15.3. The first-order chi connectivity index (χ1) is 8.57. The number of hydrogen-bond acceptors (Lipinski definition) is 3. The first-order valence-electron chi connectivity index (χ1n) is 6.27. The van der Waals surface area contributed by atoms with Crippen molar-refractivity contribution >= 4 is 17.7 Å². The van der Waals surface area contributed by atoms with Gasteiger partial charge in [0.1, 0.15) is 0 Å². The molecule has 0 atom stereocenters. The average molecular weight is 264 g/mol. The minimum Gasteiger partial charge on any atom is -0.339 e. The van der Waals surface area contributed by atoms with Crippen LogP contribution in [0.15, 0.2) is 35.2 Å². The molecule has 3 nitrogen and oxygen atoms in total. The number of hydrogen-bond donors (Lipinski definition) is 1. The van der Waals surface area contributed by atoms with Crippen LogP contribution >= 0.6 is 11.8 Å². The smallest absolute Gasteiger partial charge is 0.233 e. The SMILES string of the molecule is CC1(C)CN(C(=O)CSc2ccccc2)CCN1. The summed E-state index contributed by atoms with van der Waals surface area (Å²) in [5.74, 6) is 0.763. The molecule has 1 saturated heterocycles. The number of nitrogens with one attached hydrogen (secondary N) is 1. The van der Waals surface area contributed by atoms with Crippen LogP contribution in [0.5, 0.6) is 0 Å². The van der Waals surface area contributed by atoms with Gasteiger partial charge in [0.05, 0.1) is 5.75 Å². The second kappa shape index (κ2) is 5.76. The molecule has 18 heavy (non-hydrogen) atoms. The van der Waals surface area contributed by atoms with Gasteiger partial charge in [-0.3, -0.25) is 4.79 Å². The Morgan fingerprint density at radius 2 is 2.11 bits per heavy atom. The predicted molar refractivity (Wildman–Crippen MR) is 75.8 cm³/mol. The molecule has 1 aliphatic heterocycles. The van der Waals surface area contributed by atoms with Gasteiger partial charge in [0, 0.05) is 30.1 Å². The van der Waals surface area contributed by atoms with Crippen LogP contribution in [0.25, 0.3) is 0 Å². The zero-order valence-corrected chi connectivity index (χ0v) is 11.8. The summed E-state index contributed by atoms with van der Waals surface area (Å²) in [6.07, 6.45) is 0. The number of carbonyl (C=O) groups excluding carboxylic acids is 1. The molecule has 1 amide bonds. The highest BCUT2D eigenvalue weighted by molar-refractivity contribution is 8.00. The highest BCUT2D eigenvalue weighted by Crippen LogP contribution is 2.18. The van der Waals surface area contributed by atoms with Gasteiger partial charge in [0.2, 0.25) is 5.91 Å². The number of benzene rings is 1. The molecule has 1 heterocycles. The van der Waals surface area contributed by atoms with Crippen LogP contribution in [0, 0.1) is 0 Å². The topological polar surface area (TPSA) is 32.3 Å². The van der Waals surface area contributed by atoms with Crippen molar-refractivity contribution in [2.24, 2.45) is 0 Å². The van der Waals surface area contributed by atoms with Gasteiger partial charge in [0.25, 0.3) is 0 Å². The molecule has 1 aromatic rings. The lowest BCUT2D eigenvalue weighted by Crippen LogP contribution is -2.58. The predicted octanol–water partition coefficient (Wildman–Crippen LogP) is 1.99. The molecule has 1 aromatic carbocycles. The van der Waals surface area contributed by atoms with E-state index in [2.05, 4.69) is 19.2 Å². The maximum atomic E-state index is 12.1. The quantitative estimate of drug-likeness (QED) is 0.847. The molecule has 2 rings (SSSR count). The fourth-order valence-corrected chi connectivity index (χ4v) is 2.93. The normalized spacial score (nSPS) is 18.7. The Hall–Kier alpha value is -1.00. The van der Waals surface area contributed by atoms with Crippen molar-refractivity contribution in [2.45, 2.75) is 24.3 Å². The fourth-order valence-electron chi connectivity index (χ4n) is 2.11. The van der Waals surface area contributed by atoms with E-state index in [1.165, 1.54) is 0 Å². The van der Waals surface area contributed by atoms with E-state index in [9.17, 15) is 4.79 Å². The first kappa shape index (κ1) is 13.4. The van der Waals surface area contributed by atoms with Gasteiger partial charge in [-0.2, -0.15) is 0 Å². The molecule has 98 valence electrons. The van der Waals surface area contributed by atoms with Gasteiger partial charge in [-0.1, -0.05) is 18.2 Å². The van der Waals surface area contributed by atoms with Crippen LogP contribution in [0.1, 0.15) is 13.8 Å². The molecule has 0 aromatic heterocycles. The molecule has 4 heteroatoms. The second-order valence-corrected chi connectivity index (χ2v) is 6.28. The summed E-state index contributed by atoms with van der Waals surface area (Å²) < 4.78 is 0. The molecule has 0 saturated carbocycles. The number of thioether (sulfide) groups is 1. The van der Waals surface area contributed by atoms with Crippen LogP contribution in [-0.4, -0.2) is 41.7 Å². The molecule has 1 fully saturated rings. The van der Waals surface area contributed by atoms with Gasteiger partial charge in [-0.05, 0) is 26.0 Å². The summed E-state index contributed by atoms with van der Waals surface area (Å²) in [6.45, 7) is 6.76. The van der Waals surface area contributed by atoms with Gasteiger partial charge in [-0.15, -0.1) is 11.8 Å². The van der Waals surface area contributed by atoms with E-state index >= 15 is 0 Å². The van der Waals surface area contributed by atoms with Crippen LogP contribution in [-0.2, 0) is 4.79 Å². The maximum absolute atomic E-state index is 12.1. The zero-order chi connectivity index (χ0) is 13.0. The fraction of sp³-hybridized carbons (Fsp3) is 0.500. The summed E-state index contributed by atoms with van der Waals surface area (Å²) in [5, 5.41) is 3.42. The van der Waals surface area contributed by atoms with Gasteiger partial charge >= 0.3 is 0 Å². The third kappa shape index (κ3) is 3.75. The van der Waals surface area contributed by atoms with E-state index in [0.717, 1.165) is 24.5 Å². The molecule has 0 radical (unpaired) electrons. The Morgan fingerprint density at radius 1 is 1.39 bits per heavy atom. The van der Waals surface area contributed by atoms with Gasteiger partial charge < -0.3 is 10.2 Å². The Balaban J connectivity index is 1.85. The minimum absolute atomic E-state index is 0.0331. The van der Waals surface area contributed by atoms with E-state index in [4.69, 9.17) is 0 Å². The minimum atomic E-state index is 0.0331. The summed E-state index contributed by atoms with van der Waals surface area (Å²) in [7, 11) is 0. The zero-order valence-electron chi connectivity index (χ0n) is 11.0. The highest BCUT2D eigenvalue weighted by atomic mass is 32.2. The number of carbonyl (C=O) groups is 1. The van der Waals surface area contributed by atoms with Crippen molar-refractivity contribution in [1.82, 2.24) is 10.2 Å². The van der Waals surface area contributed by atoms with E-state index in [0.29, 0.717) is 5.75 Å². The van der Waals surface area contributed by atoms with Crippen molar-refractivity contribution in [1.29, 1.82) is 0 Å². The third-order valence-electron chi connectivity index (χ3n) is 3.03. The van der Waals surface area contributed by atoms with Gasteiger partial charge in [-0.25, -0.2) is 0 Å². The van der Waals surface area contributed by atoms with Crippen LogP contribution in [0.4, 0.5) is 0 Å². The molecule has 0 unspecified atom stereocenters. The second-order valence-electron chi connectivity index (χ2n) is 5.23. The molecule has 0 bridgehead atoms. The Kier molecular flexibility index (Phi) is 4.30. The number of piperazine rings is 1. The Morgan fingerprint density at radius 3 is 2.78 bits per heavy atom. The lowest BCUT2D eigenvalue weighted by molar-refractivity contribution is -0.130. The first-order valence-corrected chi connectivity index (χ1v) is 7.26. The van der Waals surface area contributed by atoms with Gasteiger partial charge in [0.15, 0.2) is 0 Å². The lowest BCUT2D eigenvalue weighted by Gasteiger charge is -2.39. The van der Waals surface area contributed by atoms with E-state index in [1.54, 1.807) is 11.8 Å². The molecular formula is C14H20N2OS. The monoisotopic (exact) mass is 264 g/mol. The number of rotatable bonds is 3. The molecular weight excluding hydrogens is 244 g/mol. The molecule has 1 aliphatic rings.